The number of halogens is 1. The summed E-state index contributed by atoms with van der Waals surface area (Å²) in [5.74, 6) is 0. The summed E-state index contributed by atoms with van der Waals surface area (Å²) in [7, 11) is 2.07. The maximum Gasteiger partial charge on any atom is 0.303 e. The molecule has 4 heteroatoms. The number of amidine groups is 1. The molecule has 0 saturated heterocycles. The van der Waals surface area contributed by atoms with Crippen LogP contribution < -0.4 is 18.1 Å². The molecule has 0 radical (unpaired) electrons. The second-order valence-corrected chi connectivity index (χ2v) is 4.56. The molecular weight excluding hydrogens is 228 g/mol. The van der Waals surface area contributed by atoms with Gasteiger partial charge >= 0.3 is 5.17 Å². The molecule has 0 spiro atoms. The maximum atomic E-state index is 5.78. The second kappa shape index (κ2) is 12.2. The van der Waals surface area contributed by atoms with Gasteiger partial charge in [-0.2, -0.15) is 0 Å². The lowest BCUT2D eigenvalue weighted by atomic mass is 10.1. The molecular formula is C11H25ClN2S. The standard InChI is InChI=1S/C11H24N2S.ClH/c1-4-5-6-7-8-9-10-13(2)11(12)14-3;/h12H,4-10H2,1-3H3;1H. The molecule has 2 N–H and O–H groups in total. The number of nitrogens with two attached hydrogens (primary N) is 1. The average Bonchev–Trinajstić information content (AvgIpc) is 2.21. The highest BCUT2D eigenvalue weighted by Gasteiger charge is 2.00. The Kier molecular flexibility index (Phi) is 14.2. The minimum Gasteiger partial charge on any atom is -1.00 e. The zero-order valence-electron chi connectivity index (χ0n) is 10.3. The quantitative estimate of drug-likeness (QED) is 0.291. The largest absolute Gasteiger partial charge is 1.00 e. The third-order valence-electron chi connectivity index (χ3n) is 2.43. The van der Waals surface area contributed by atoms with E-state index >= 15 is 0 Å². The first-order valence-electron chi connectivity index (χ1n) is 5.60. The smallest absolute Gasteiger partial charge is 0.303 e. The van der Waals surface area contributed by atoms with Crippen molar-refractivity contribution in [2.45, 2.75) is 45.4 Å². The van der Waals surface area contributed by atoms with Gasteiger partial charge in [0.05, 0.1) is 13.6 Å². The SMILES string of the molecule is CCCCCCCC[N+](C)=C(N)SC.[Cl-]. The monoisotopic (exact) mass is 252 g/mol. The molecule has 0 fully saturated rings. The van der Waals surface area contributed by atoms with Gasteiger partial charge in [-0.25, -0.2) is 0 Å². The summed E-state index contributed by atoms with van der Waals surface area (Å²) < 4.78 is 2.14. The molecule has 0 atom stereocenters. The van der Waals surface area contributed by atoms with Crippen LogP contribution in [0.5, 0.6) is 0 Å². The van der Waals surface area contributed by atoms with Crippen LogP contribution >= 0.6 is 11.8 Å². The first-order valence-corrected chi connectivity index (χ1v) is 6.82. The van der Waals surface area contributed by atoms with Crippen LogP contribution in [0.15, 0.2) is 0 Å². The Labute approximate surface area is 105 Å². The predicted molar refractivity (Wildman–Crippen MR) is 67.1 cm³/mol. The van der Waals surface area contributed by atoms with E-state index in [-0.39, 0.29) is 12.4 Å². The van der Waals surface area contributed by atoms with Crippen molar-refractivity contribution in [1.29, 1.82) is 0 Å². The van der Waals surface area contributed by atoms with E-state index in [9.17, 15) is 0 Å². The van der Waals surface area contributed by atoms with Crippen molar-refractivity contribution in [1.82, 2.24) is 0 Å². The molecule has 0 unspecified atom stereocenters. The molecule has 0 saturated carbocycles. The fourth-order valence-corrected chi connectivity index (χ4v) is 1.80. The van der Waals surface area contributed by atoms with Crippen molar-refractivity contribution < 1.29 is 17.0 Å². The highest BCUT2D eigenvalue weighted by molar-refractivity contribution is 8.12. The number of rotatable bonds is 7. The van der Waals surface area contributed by atoms with Gasteiger partial charge in [0.2, 0.25) is 0 Å². The molecule has 0 aromatic rings. The lowest BCUT2D eigenvalue weighted by Crippen LogP contribution is -3.00. The number of hydrogen-bond donors (Lipinski definition) is 1. The van der Waals surface area contributed by atoms with Crippen molar-refractivity contribution in [2.24, 2.45) is 5.73 Å². The first-order chi connectivity index (χ1) is 6.72. The third-order valence-corrected chi connectivity index (χ3v) is 3.16. The van der Waals surface area contributed by atoms with E-state index in [1.807, 2.05) is 6.26 Å². The van der Waals surface area contributed by atoms with Crippen molar-refractivity contribution in [2.75, 3.05) is 19.8 Å². The topological polar surface area (TPSA) is 29.0 Å². The molecule has 0 heterocycles. The average molecular weight is 253 g/mol. The molecule has 0 aromatic heterocycles. The predicted octanol–water partition coefficient (Wildman–Crippen LogP) is -0.329. The zero-order chi connectivity index (χ0) is 10.8. The Bertz CT molecular complexity index is 172. The second-order valence-electron chi connectivity index (χ2n) is 3.73. The van der Waals surface area contributed by atoms with Crippen LogP contribution in [0.4, 0.5) is 0 Å². The van der Waals surface area contributed by atoms with Gasteiger partial charge in [-0.1, -0.05) is 32.6 Å². The molecule has 0 amide bonds. The van der Waals surface area contributed by atoms with Gasteiger partial charge in [0.1, 0.15) is 0 Å². The Hall–Kier alpha value is 0.110. The maximum absolute atomic E-state index is 5.78. The molecule has 0 aliphatic rings. The minimum absolute atomic E-state index is 0. The first kappa shape index (κ1) is 17.5. The molecule has 92 valence electrons. The van der Waals surface area contributed by atoms with Crippen LogP contribution in [0.1, 0.15) is 45.4 Å². The summed E-state index contributed by atoms with van der Waals surface area (Å²) in [6, 6.07) is 0. The van der Waals surface area contributed by atoms with Crippen molar-refractivity contribution in [3.63, 3.8) is 0 Å². The number of nitrogens with zero attached hydrogens (tertiary/aromatic N) is 1. The van der Waals surface area contributed by atoms with E-state index in [4.69, 9.17) is 5.73 Å². The zero-order valence-corrected chi connectivity index (χ0v) is 11.8. The summed E-state index contributed by atoms with van der Waals surface area (Å²) in [5.41, 5.74) is 5.78. The Morgan fingerprint density at radius 1 is 1.13 bits per heavy atom. The molecule has 2 nitrogen and oxygen atoms in total. The van der Waals surface area contributed by atoms with Crippen LogP contribution in [-0.2, 0) is 0 Å². The van der Waals surface area contributed by atoms with Crippen molar-refractivity contribution in [3.8, 4) is 0 Å². The van der Waals surface area contributed by atoms with E-state index in [0.717, 1.165) is 11.7 Å². The van der Waals surface area contributed by atoms with Crippen LogP contribution in [-0.4, -0.2) is 29.6 Å². The van der Waals surface area contributed by atoms with Gasteiger partial charge in [0.25, 0.3) is 0 Å². The van der Waals surface area contributed by atoms with Crippen LogP contribution in [0.2, 0.25) is 0 Å². The Morgan fingerprint density at radius 2 is 1.67 bits per heavy atom. The van der Waals surface area contributed by atoms with Gasteiger partial charge in [0.15, 0.2) is 0 Å². The summed E-state index contributed by atoms with van der Waals surface area (Å²) in [4.78, 5) is 0. The van der Waals surface area contributed by atoms with Gasteiger partial charge in [-0.3, -0.25) is 10.3 Å². The van der Waals surface area contributed by atoms with Crippen LogP contribution in [0.3, 0.4) is 0 Å². The molecule has 0 aliphatic carbocycles. The van der Waals surface area contributed by atoms with Crippen molar-refractivity contribution in [3.05, 3.63) is 0 Å². The van der Waals surface area contributed by atoms with Crippen molar-refractivity contribution >= 4 is 16.9 Å². The number of unbranched alkanes of at least 4 members (excludes halogenated alkanes) is 5. The van der Waals surface area contributed by atoms with E-state index in [2.05, 4.69) is 18.5 Å². The van der Waals surface area contributed by atoms with E-state index in [0.29, 0.717) is 0 Å². The summed E-state index contributed by atoms with van der Waals surface area (Å²) in [6.45, 7) is 3.35. The van der Waals surface area contributed by atoms with Gasteiger partial charge in [-0.15, -0.1) is 0 Å². The fourth-order valence-electron chi connectivity index (χ4n) is 1.40. The molecule has 0 rings (SSSR count). The van der Waals surface area contributed by atoms with E-state index < -0.39 is 0 Å². The third kappa shape index (κ3) is 10.4. The van der Waals surface area contributed by atoms with Gasteiger partial charge < -0.3 is 12.4 Å². The summed E-state index contributed by atoms with van der Waals surface area (Å²) in [5, 5.41) is 0.929. The molecule has 0 aliphatic heterocycles. The number of thioether (sulfide) groups is 1. The Morgan fingerprint density at radius 3 is 2.20 bits per heavy atom. The van der Waals surface area contributed by atoms with Crippen LogP contribution in [0.25, 0.3) is 0 Å². The lowest BCUT2D eigenvalue weighted by Gasteiger charge is -2.03. The van der Waals surface area contributed by atoms with Crippen LogP contribution in [0, 0.1) is 0 Å². The number of hydrogen-bond acceptors (Lipinski definition) is 1. The highest BCUT2D eigenvalue weighted by Crippen LogP contribution is 2.04. The van der Waals surface area contributed by atoms with Gasteiger partial charge in [0, 0.05) is 0 Å². The highest BCUT2D eigenvalue weighted by atomic mass is 35.5. The summed E-state index contributed by atoms with van der Waals surface area (Å²) >= 11 is 1.63. The van der Waals surface area contributed by atoms with E-state index in [1.165, 1.54) is 38.5 Å². The molecule has 0 aromatic carbocycles. The normalized spacial score (nSPS) is 11.9. The molecule has 15 heavy (non-hydrogen) atoms. The Balaban J connectivity index is 0. The fraction of sp³-hybridized carbons (Fsp3) is 0.909. The lowest BCUT2D eigenvalue weighted by molar-refractivity contribution is -0.495. The molecule has 0 bridgehead atoms. The van der Waals surface area contributed by atoms with Gasteiger partial charge in [-0.05, 0) is 30.9 Å². The van der Waals surface area contributed by atoms with E-state index in [1.54, 1.807) is 11.8 Å². The minimum atomic E-state index is 0. The summed E-state index contributed by atoms with van der Waals surface area (Å²) in [6.07, 6.45) is 10.1.